The van der Waals surface area contributed by atoms with Gasteiger partial charge in [-0.2, -0.15) is 12.6 Å². The molecule has 0 spiro atoms. The average molecular weight is 607 g/mol. The molecule has 8 heteroatoms. The number of carbonyl (C=O) groups is 1. The van der Waals surface area contributed by atoms with Crippen LogP contribution in [-0.4, -0.2) is 73.9 Å². The van der Waals surface area contributed by atoms with Crippen LogP contribution in [0.25, 0.3) is 0 Å². The lowest BCUT2D eigenvalue weighted by atomic mass is 9.35. The lowest BCUT2D eigenvalue weighted by Crippen LogP contribution is -2.72. The molecule has 42 heavy (non-hydrogen) atoms. The molecule has 4 fully saturated rings. The first-order chi connectivity index (χ1) is 19.4. The fraction of sp³-hybridized carbons (Fsp3) is 0.853. The summed E-state index contributed by atoms with van der Waals surface area (Å²) in [6.07, 6.45) is 4.94. The van der Waals surface area contributed by atoms with E-state index < -0.39 is 50.8 Å². The van der Waals surface area contributed by atoms with Gasteiger partial charge in [-0.3, -0.25) is 0 Å². The summed E-state index contributed by atoms with van der Waals surface area (Å²) < 4.78 is 5.38. The third-order valence-electron chi connectivity index (χ3n) is 13.9. The topological polar surface area (TPSA) is 127 Å². The summed E-state index contributed by atoms with van der Waals surface area (Å²) in [6.45, 7) is 13.9. The molecule has 7 nitrogen and oxygen atoms in total. The van der Waals surface area contributed by atoms with Crippen molar-refractivity contribution in [3.63, 3.8) is 0 Å². The van der Waals surface area contributed by atoms with Gasteiger partial charge >= 0.3 is 5.97 Å². The van der Waals surface area contributed by atoms with Crippen LogP contribution in [0.2, 0.25) is 0 Å². The number of carbonyl (C=O) groups excluding carboxylic acids is 1. The van der Waals surface area contributed by atoms with Gasteiger partial charge in [0, 0.05) is 15.7 Å². The Morgan fingerprint density at radius 3 is 2.29 bits per heavy atom. The first kappa shape index (κ1) is 32.5. The van der Waals surface area contributed by atoms with Crippen LogP contribution in [0.1, 0.15) is 93.4 Å². The molecule has 0 amide bonds. The van der Waals surface area contributed by atoms with Gasteiger partial charge < -0.3 is 30.3 Å². The third kappa shape index (κ3) is 4.07. The van der Waals surface area contributed by atoms with Crippen LogP contribution in [0, 0.1) is 44.8 Å². The van der Waals surface area contributed by atoms with Crippen LogP contribution >= 0.6 is 12.6 Å². The summed E-state index contributed by atoms with van der Waals surface area (Å²) >= 11 is 5.54. The fourth-order valence-corrected chi connectivity index (χ4v) is 11.7. The smallest absolute Gasteiger partial charge is 0.333 e. The Morgan fingerprint density at radius 2 is 1.67 bits per heavy atom. The second-order valence-electron chi connectivity index (χ2n) is 16.0. The van der Waals surface area contributed by atoms with Crippen molar-refractivity contribution in [2.24, 2.45) is 44.8 Å². The second-order valence-corrected chi connectivity index (χ2v) is 16.8. The maximum atomic E-state index is 12.6. The first-order valence-corrected chi connectivity index (χ1v) is 16.4. The SMILES string of the molecule is C/C=C(\C)C(=O)OC[C@]1(C)C2CC[C@]3(C)C(CC=C4C5CC(C)(C)[C@@H](O)[C@H](O)[C@]5(CO)[C@H](O)C[C@]43C)[C@@]2(S)CC[C@@H]1O. The van der Waals surface area contributed by atoms with E-state index in [1.54, 1.807) is 13.0 Å². The van der Waals surface area contributed by atoms with Gasteiger partial charge in [-0.05, 0) is 92.8 Å². The zero-order valence-electron chi connectivity index (χ0n) is 26.6. The van der Waals surface area contributed by atoms with Gasteiger partial charge in [0.05, 0.1) is 43.0 Å². The Bertz CT molecular complexity index is 1170. The number of aliphatic hydroxyl groups is 5. The average Bonchev–Trinajstić information content (AvgIpc) is 2.93. The van der Waals surface area contributed by atoms with Gasteiger partial charge in [-0.1, -0.05) is 52.3 Å². The van der Waals surface area contributed by atoms with E-state index in [9.17, 15) is 30.3 Å². The maximum absolute atomic E-state index is 12.6. The van der Waals surface area contributed by atoms with Crippen molar-refractivity contribution in [3.8, 4) is 0 Å². The van der Waals surface area contributed by atoms with Gasteiger partial charge in [0.15, 0.2) is 0 Å². The van der Waals surface area contributed by atoms with E-state index in [0.29, 0.717) is 24.8 Å². The highest BCUT2D eigenvalue weighted by Gasteiger charge is 2.72. The molecule has 4 saturated carbocycles. The molecular formula is C34H54O7S. The van der Waals surface area contributed by atoms with Crippen molar-refractivity contribution in [1.29, 1.82) is 0 Å². The summed E-state index contributed by atoms with van der Waals surface area (Å²) in [5, 5.41) is 56.5. The van der Waals surface area contributed by atoms with Crippen LogP contribution in [0.15, 0.2) is 23.3 Å². The molecule has 12 atom stereocenters. The van der Waals surface area contributed by atoms with Crippen LogP contribution < -0.4 is 0 Å². The number of fused-ring (bicyclic) bond motifs is 7. The standard InChI is InChI=1S/C34H54O7S/c1-8-19(2)28(40)41-18-30(5)22-11-13-31(6)23(34(22,42)14-12-24(30)36)10-9-20-21-15-29(3,4)26(38)27(39)33(21,17-35)25(37)16-32(20,31)7/h8-9,21-27,35-39,42H,10-18H2,1-7H3/b19-8+/t21?,22?,23?,24-,25+,26-,27-,30+,31+,32+,33-,34+/m0/s1. The minimum Gasteiger partial charge on any atom is -0.462 e. The van der Waals surface area contributed by atoms with E-state index in [0.717, 1.165) is 25.7 Å². The van der Waals surface area contributed by atoms with Crippen LogP contribution in [0.3, 0.4) is 0 Å². The highest BCUT2D eigenvalue weighted by molar-refractivity contribution is 7.81. The van der Waals surface area contributed by atoms with E-state index in [1.807, 2.05) is 20.8 Å². The van der Waals surface area contributed by atoms with Crippen molar-refractivity contribution in [2.75, 3.05) is 13.2 Å². The number of hydrogen-bond donors (Lipinski definition) is 6. The number of esters is 1. The van der Waals surface area contributed by atoms with Crippen molar-refractivity contribution in [3.05, 3.63) is 23.3 Å². The summed E-state index contributed by atoms with van der Waals surface area (Å²) in [5.41, 5.74) is -1.31. The normalized spacial score (nSPS) is 51.8. The second kappa shape index (κ2) is 10.3. The summed E-state index contributed by atoms with van der Waals surface area (Å²) in [6, 6.07) is 0. The highest BCUT2D eigenvalue weighted by Crippen LogP contribution is 2.74. The van der Waals surface area contributed by atoms with Crippen LogP contribution in [-0.2, 0) is 9.53 Å². The number of hydrogen-bond acceptors (Lipinski definition) is 8. The molecule has 0 aromatic rings. The molecule has 0 aromatic carbocycles. The van der Waals surface area contributed by atoms with E-state index >= 15 is 0 Å². The summed E-state index contributed by atoms with van der Waals surface area (Å²) in [5.74, 6) is -0.431. The Morgan fingerprint density at radius 1 is 1.00 bits per heavy atom. The number of rotatable bonds is 4. The molecule has 238 valence electrons. The number of ether oxygens (including phenoxy) is 1. The molecular weight excluding hydrogens is 552 g/mol. The Hall–Kier alpha value is -0.900. The molecule has 5 aliphatic carbocycles. The predicted octanol–water partition coefficient (Wildman–Crippen LogP) is 4.21. The van der Waals surface area contributed by atoms with E-state index in [2.05, 4.69) is 26.8 Å². The quantitative estimate of drug-likeness (QED) is 0.123. The molecule has 0 bridgehead atoms. The van der Waals surface area contributed by atoms with Crippen molar-refractivity contribution >= 4 is 18.6 Å². The molecule has 0 aliphatic heterocycles. The van der Waals surface area contributed by atoms with E-state index in [4.69, 9.17) is 17.4 Å². The molecule has 0 saturated heterocycles. The number of thiol groups is 1. The molecule has 0 heterocycles. The number of allylic oxidation sites excluding steroid dienone is 3. The minimum atomic E-state index is -1.23. The Balaban J connectivity index is 1.55. The molecule has 5 aliphatic rings. The van der Waals surface area contributed by atoms with E-state index in [1.165, 1.54) is 5.57 Å². The van der Waals surface area contributed by atoms with Gasteiger partial charge in [-0.25, -0.2) is 4.79 Å². The van der Waals surface area contributed by atoms with Crippen LogP contribution in [0.5, 0.6) is 0 Å². The zero-order valence-corrected chi connectivity index (χ0v) is 27.5. The molecule has 5 rings (SSSR count). The predicted molar refractivity (Wildman–Crippen MR) is 165 cm³/mol. The maximum Gasteiger partial charge on any atom is 0.333 e. The van der Waals surface area contributed by atoms with Crippen molar-refractivity contribution in [1.82, 2.24) is 0 Å². The largest absolute Gasteiger partial charge is 0.462 e. The van der Waals surface area contributed by atoms with Gasteiger partial charge in [0.1, 0.15) is 0 Å². The van der Waals surface area contributed by atoms with Crippen molar-refractivity contribution in [2.45, 2.75) is 123 Å². The first-order valence-electron chi connectivity index (χ1n) is 16.0. The Kier molecular flexibility index (Phi) is 7.98. The van der Waals surface area contributed by atoms with Gasteiger partial charge in [-0.15, -0.1) is 0 Å². The molecule has 0 radical (unpaired) electrons. The minimum absolute atomic E-state index is 0.0306. The summed E-state index contributed by atoms with van der Waals surface area (Å²) in [4.78, 5) is 12.6. The van der Waals surface area contributed by atoms with Crippen LogP contribution in [0.4, 0.5) is 0 Å². The summed E-state index contributed by atoms with van der Waals surface area (Å²) in [7, 11) is 0. The van der Waals surface area contributed by atoms with Gasteiger partial charge in [0.25, 0.3) is 0 Å². The lowest BCUT2D eigenvalue weighted by molar-refractivity contribution is -0.249. The zero-order chi connectivity index (χ0) is 31.3. The van der Waals surface area contributed by atoms with Gasteiger partial charge in [0.2, 0.25) is 0 Å². The highest BCUT2D eigenvalue weighted by atomic mass is 32.1. The number of aliphatic hydroxyl groups excluding tert-OH is 5. The lowest BCUT2D eigenvalue weighted by Gasteiger charge is -2.72. The molecule has 0 aromatic heterocycles. The van der Waals surface area contributed by atoms with Crippen molar-refractivity contribution < 1.29 is 35.1 Å². The Labute approximate surface area is 257 Å². The van der Waals surface area contributed by atoms with E-state index in [-0.39, 0.29) is 42.4 Å². The fourth-order valence-electron chi connectivity index (χ4n) is 10.8. The third-order valence-corrected chi connectivity index (χ3v) is 14.8. The molecule has 3 unspecified atom stereocenters. The monoisotopic (exact) mass is 606 g/mol. The molecule has 5 N–H and O–H groups in total.